The molecule has 1 aliphatic heterocycles. The van der Waals surface area contributed by atoms with Gasteiger partial charge in [0.25, 0.3) is 0 Å². The van der Waals surface area contributed by atoms with E-state index in [-0.39, 0.29) is 0 Å². The van der Waals surface area contributed by atoms with Crippen molar-refractivity contribution < 1.29 is 4.74 Å². The largest absolute Gasteiger partial charge is 0.493 e. The molecule has 0 saturated carbocycles. The first-order valence-electron chi connectivity index (χ1n) is 7.70. The molecule has 3 rings (SSSR count). The quantitative estimate of drug-likeness (QED) is 0.823. The fourth-order valence-electron chi connectivity index (χ4n) is 2.70. The van der Waals surface area contributed by atoms with Gasteiger partial charge in [-0.25, -0.2) is 9.97 Å². The fourth-order valence-corrected chi connectivity index (χ4v) is 3.20. The molecule has 2 heterocycles. The molecule has 0 N–H and O–H groups in total. The molecule has 1 aromatic carbocycles. The van der Waals surface area contributed by atoms with E-state index in [1.807, 2.05) is 6.07 Å². The number of piperidine rings is 1. The van der Waals surface area contributed by atoms with E-state index in [0.29, 0.717) is 34.0 Å². The van der Waals surface area contributed by atoms with Gasteiger partial charge in [-0.2, -0.15) is 5.26 Å². The van der Waals surface area contributed by atoms with Crippen LogP contribution in [0.2, 0.25) is 10.0 Å². The fraction of sp³-hybridized carbons (Fsp3) is 0.353. The Labute approximate surface area is 150 Å². The molecular weight excluding hydrogens is 347 g/mol. The van der Waals surface area contributed by atoms with Gasteiger partial charge in [-0.15, -0.1) is 0 Å². The Kier molecular flexibility index (Phi) is 5.39. The maximum absolute atomic E-state index is 8.76. The molecule has 0 aliphatic carbocycles. The summed E-state index contributed by atoms with van der Waals surface area (Å²) in [6.45, 7) is 2.43. The minimum Gasteiger partial charge on any atom is -0.493 e. The molecular formula is C17H16Cl2N4O. The van der Waals surface area contributed by atoms with Crippen molar-refractivity contribution in [2.24, 2.45) is 5.92 Å². The van der Waals surface area contributed by atoms with E-state index in [0.717, 1.165) is 31.7 Å². The highest BCUT2D eigenvalue weighted by Crippen LogP contribution is 2.26. The summed E-state index contributed by atoms with van der Waals surface area (Å²) >= 11 is 12.0. The first-order chi connectivity index (χ1) is 11.6. The highest BCUT2D eigenvalue weighted by atomic mass is 35.5. The van der Waals surface area contributed by atoms with Gasteiger partial charge >= 0.3 is 0 Å². The van der Waals surface area contributed by atoms with Crippen LogP contribution in [0.5, 0.6) is 5.75 Å². The lowest BCUT2D eigenvalue weighted by Crippen LogP contribution is -2.36. The number of rotatable bonds is 4. The van der Waals surface area contributed by atoms with Crippen LogP contribution >= 0.6 is 23.2 Å². The average molecular weight is 363 g/mol. The second-order valence-electron chi connectivity index (χ2n) is 5.72. The molecule has 0 bridgehead atoms. The molecule has 0 amide bonds. The van der Waals surface area contributed by atoms with Crippen molar-refractivity contribution in [3.05, 3.63) is 46.3 Å². The topological polar surface area (TPSA) is 62.0 Å². The van der Waals surface area contributed by atoms with Gasteiger partial charge in [-0.1, -0.05) is 23.2 Å². The van der Waals surface area contributed by atoms with Gasteiger partial charge < -0.3 is 9.64 Å². The molecule has 0 radical (unpaired) electrons. The zero-order valence-electron chi connectivity index (χ0n) is 13.0. The number of nitriles is 1. The lowest BCUT2D eigenvalue weighted by atomic mass is 9.98. The normalized spacial score (nSPS) is 15.1. The van der Waals surface area contributed by atoms with E-state index in [1.165, 1.54) is 6.20 Å². The number of halogens is 2. The summed E-state index contributed by atoms with van der Waals surface area (Å²) in [5, 5.41) is 9.92. The van der Waals surface area contributed by atoms with Gasteiger partial charge in [-0.3, -0.25) is 0 Å². The van der Waals surface area contributed by atoms with Crippen molar-refractivity contribution in [1.29, 1.82) is 5.26 Å². The molecule has 1 aliphatic rings. The summed E-state index contributed by atoms with van der Waals surface area (Å²) in [5.41, 5.74) is 0.335. The zero-order chi connectivity index (χ0) is 16.9. The van der Waals surface area contributed by atoms with Crippen molar-refractivity contribution in [2.75, 3.05) is 24.6 Å². The third-order valence-corrected chi connectivity index (χ3v) is 4.45. The Bertz CT molecular complexity index is 717. The van der Waals surface area contributed by atoms with Gasteiger partial charge in [-0.05, 0) is 37.0 Å². The lowest BCUT2D eigenvalue weighted by molar-refractivity contribution is 0.222. The van der Waals surface area contributed by atoms with Crippen molar-refractivity contribution in [1.82, 2.24) is 9.97 Å². The summed E-state index contributed by atoms with van der Waals surface area (Å²) in [6, 6.07) is 7.21. The van der Waals surface area contributed by atoms with E-state index in [4.69, 9.17) is 33.2 Å². The number of hydrogen-bond acceptors (Lipinski definition) is 5. The minimum atomic E-state index is 0.335. The molecule has 2 aromatic rings. The standard InChI is InChI=1S/C17H16Cl2N4O/c18-13-5-14(19)7-16(6-13)24-11-12-1-3-23(4-2-12)17-10-21-15(8-20)9-22-17/h5-7,9-10,12H,1-4,11H2. The maximum Gasteiger partial charge on any atom is 0.158 e. The third kappa shape index (κ3) is 4.28. The first-order valence-corrected chi connectivity index (χ1v) is 8.45. The molecule has 1 saturated heterocycles. The van der Waals surface area contributed by atoms with Crippen molar-refractivity contribution in [3.63, 3.8) is 0 Å². The van der Waals surface area contributed by atoms with Gasteiger partial charge in [0.05, 0.1) is 19.0 Å². The lowest BCUT2D eigenvalue weighted by Gasteiger charge is -2.32. The third-order valence-electron chi connectivity index (χ3n) is 4.01. The van der Waals surface area contributed by atoms with Crippen molar-refractivity contribution >= 4 is 29.0 Å². The van der Waals surface area contributed by atoms with Gasteiger partial charge in [0.1, 0.15) is 17.6 Å². The van der Waals surface area contributed by atoms with Crippen molar-refractivity contribution in [2.45, 2.75) is 12.8 Å². The highest BCUT2D eigenvalue weighted by molar-refractivity contribution is 6.34. The highest BCUT2D eigenvalue weighted by Gasteiger charge is 2.21. The second-order valence-corrected chi connectivity index (χ2v) is 6.59. The predicted molar refractivity (Wildman–Crippen MR) is 93.6 cm³/mol. The second kappa shape index (κ2) is 7.69. The average Bonchev–Trinajstić information content (AvgIpc) is 2.60. The van der Waals surface area contributed by atoms with Crippen LogP contribution in [-0.4, -0.2) is 29.7 Å². The Morgan fingerprint density at radius 3 is 2.42 bits per heavy atom. The van der Waals surface area contributed by atoms with Crippen LogP contribution in [0.15, 0.2) is 30.6 Å². The SMILES string of the molecule is N#Cc1cnc(N2CCC(COc3cc(Cl)cc(Cl)c3)CC2)cn1. The van der Waals surface area contributed by atoms with Gasteiger partial charge in [0.15, 0.2) is 5.69 Å². The molecule has 5 nitrogen and oxygen atoms in total. The summed E-state index contributed by atoms with van der Waals surface area (Å²) < 4.78 is 5.83. The molecule has 1 aromatic heterocycles. The number of anilines is 1. The Hall–Kier alpha value is -2.03. The van der Waals surface area contributed by atoms with Gasteiger partial charge in [0, 0.05) is 23.1 Å². The van der Waals surface area contributed by atoms with Crippen LogP contribution in [0.25, 0.3) is 0 Å². The van der Waals surface area contributed by atoms with E-state index in [1.54, 1.807) is 24.4 Å². The summed E-state index contributed by atoms with van der Waals surface area (Å²) in [4.78, 5) is 10.5. The van der Waals surface area contributed by atoms with E-state index >= 15 is 0 Å². The predicted octanol–water partition coefficient (Wildman–Crippen LogP) is 3.95. The zero-order valence-corrected chi connectivity index (χ0v) is 14.5. The summed E-state index contributed by atoms with van der Waals surface area (Å²) in [7, 11) is 0. The summed E-state index contributed by atoms with van der Waals surface area (Å²) in [6.07, 6.45) is 5.18. The molecule has 24 heavy (non-hydrogen) atoms. The molecule has 0 unspecified atom stereocenters. The molecule has 7 heteroatoms. The molecule has 124 valence electrons. The molecule has 0 spiro atoms. The minimum absolute atomic E-state index is 0.335. The smallest absolute Gasteiger partial charge is 0.158 e. The van der Waals surface area contributed by atoms with Crippen LogP contribution in [0.3, 0.4) is 0 Å². The van der Waals surface area contributed by atoms with Crippen LogP contribution in [-0.2, 0) is 0 Å². The van der Waals surface area contributed by atoms with Gasteiger partial charge in [0.2, 0.25) is 0 Å². The number of hydrogen-bond donors (Lipinski definition) is 0. The first kappa shape index (κ1) is 16.8. The number of benzene rings is 1. The van der Waals surface area contributed by atoms with Crippen LogP contribution < -0.4 is 9.64 Å². The monoisotopic (exact) mass is 362 g/mol. The number of ether oxygens (including phenoxy) is 1. The summed E-state index contributed by atoms with van der Waals surface area (Å²) in [5.74, 6) is 1.99. The maximum atomic E-state index is 8.76. The number of nitrogens with zero attached hydrogens (tertiary/aromatic N) is 4. The van der Waals surface area contributed by atoms with E-state index in [2.05, 4.69) is 14.9 Å². The van der Waals surface area contributed by atoms with E-state index in [9.17, 15) is 0 Å². The van der Waals surface area contributed by atoms with Crippen LogP contribution in [0.1, 0.15) is 18.5 Å². The Balaban J connectivity index is 1.50. The molecule has 1 fully saturated rings. The Morgan fingerprint density at radius 1 is 1.12 bits per heavy atom. The molecule has 0 atom stereocenters. The number of aromatic nitrogens is 2. The Morgan fingerprint density at radius 2 is 1.83 bits per heavy atom. The van der Waals surface area contributed by atoms with E-state index < -0.39 is 0 Å². The van der Waals surface area contributed by atoms with Crippen molar-refractivity contribution in [3.8, 4) is 11.8 Å². The van der Waals surface area contributed by atoms with Crippen LogP contribution in [0, 0.1) is 17.2 Å². The van der Waals surface area contributed by atoms with Crippen LogP contribution in [0.4, 0.5) is 5.82 Å².